The molecular weight excluding hydrogens is 709 g/mol. The highest BCUT2D eigenvalue weighted by atomic mass is 31.2. The number of carbonyl (C=O) groups is 2. The van der Waals surface area contributed by atoms with Gasteiger partial charge in [0.1, 0.15) is 12.0 Å². The molecule has 2 N–H and O–H groups in total. The van der Waals surface area contributed by atoms with Crippen LogP contribution in [0.3, 0.4) is 0 Å². The fraction of sp³-hybridized carbons (Fsp3) is 0.316. The maximum absolute atomic E-state index is 13.7. The van der Waals surface area contributed by atoms with E-state index in [4.69, 9.17) is 9.05 Å². The second-order valence-corrected chi connectivity index (χ2v) is 15.0. The molecule has 2 amide bonds. The number of halogens is 6. The Labute approximate surface area is 296 Å². The molecule has 0 saturated carbocycles. The van der Waals surface area contributed by atoms with Crippen LogP contribution in [0.4, 0.5) is 26.3 Å². The molecule has 7 nitrogen and oxygen atoms in total. The van der Waals surface area contributed by atoms with Crippen LogP contribution in [0.15, 0.2) is 97.1 Å². The fourth-order valence-electron chi connectivity index (χ4n) is 6.90. The quantitative estimate of drug-likeness (QED) is 0.0910. The summed E-state index contributed by atoms with van der Waals surface area (Å²) >= 11 is 0. The van der Waals surface area contributed by atoms with E-state index in [0.717, 1.165) is 23.3 Å². The Morgan fingerprint density at radius 3 is 1.87 bits per heavy atom. The van der Waals surface area contributed by atoms with Gasteiger partial charge in [-0.3, -0.25) is 14.2 Å². The minimum atomic E-state index is -4.58. The number of amides is 2. The van der Waals surface area contributed by atoms with Gasteiger partial charge in [-0.15, -0.1) is 0 Å². The average Bonchev–Trinajstić information content (AvgIpc) is 3.41. The Morgan fingerprint density at radius 1 is 0.731 bits per heavy atom. The molecule has 4 aromatic carbocycles. The van der Waals surface area contributed by atoms with Crippen molar-refractivity contribution in [1.29, 1.82) is 0 Å². The maximum Gasteiger partial charge on any atom is 0.416 e. The first-order valence-corrected chi connectivity index (χ1v) is 18.4. The van der Waals surface area contributed by atoms with Crippen LogP contribution in [0.1, 0.15) is 52.7 Å². The standard InChI is InChI=1S/C38H35F6N2O5P/c39-37(40,41)24-45-35(48)36(32-14-6-4-11-29(32)30-12-5-7-15-33(30)36)20-8-1-9-21-52(49)50-22-27(23-51-52)46-34(47)31-13-3-2-10-28(31)25-16-18-26(19-17-25)38(42,43)44/h2-7,10-19,27H,1,8-9,20-24H2,(H,45,48)(H,46,47). The van der Waals surface area contributed by atoms with Gasteiger partial charge in [-0.25, -0.2) is 0 Å². The summed E-state index contributed by atoms with van der Waals surface area (Å²) in [6, 6.07) is 24.7. The highest BCUT2D eigenvalue weighted by molar-refractivity contribution is 7.53. The highest BCUT2D eigenvalue weighted by Crippen LogP contribution is 2.53. The van der Waals surface area contributed by atoms with Gasteiger partial charge in [-0.1, -0.05) is 91.7 Å². The lowest BCUT2D eigenvalue weighted by Gasteiger charge is -2.31. The molecule has 1 aliphatic heterocycles. The maximum atomic E-state index is 13.7. The molecule has 0 bridgehead atoms. The number of fused-ring (bicyclic) bond motifs is 3. The SMILES string of the molecule is O=C(NC1COP(=O)(CCCCCC2(C(=O)NCC(F)(F)F)c3ccccc3-c3ccccc32)OC1)c1ccccc1-c1ccc(C(F)(F)F)cc1. The van der Waals surface area contributed by atoms with E-state index in [1.54, 1.807) is 48.5 Å². The van der Waals surface area contributed by atoms with Crippen molar-refractivity contribution in [3.8, 4) is 22.3 Å². The molecule has 1 fully saturated rings. The molecule has 14 heteroatoms. The zero-order valence-corrected chi connectivity index (χ0v) is 28.6. The molecule has 0 atom stereocenters. The van der Waals surface area contributed by atoms with Crippen molar-refractivity contribution >= 4 is 19.4 Å². The molecule has 0 aromatic heterocycles. The summed E-state index contributed by atoms with van der Waals surface area (Å²) in [5, 5.41) is 4.89. The van der Waals surface area contributed by atoms with Crippen molar-refractivity contribution in [2.45, 2.75) is 49.5 Å². The van der Waals surface area contributed by atoms with E-state index in [1.807, 2.05) is 24.3 Å². The second-order valence-electron chi connectivity index (χ2n) is 12.8. The van der Waals surface area contributed by atoms with E-state index in [9.17, 15) is 40.5 Å². The van der Waals surface area contributed by atoms with Crippen LogP contribution < -0.4 is 10.6 Å². The normalized spacial score (nSPS) is 19.4. The first-order valence-electron chi connectivity index (χ1n) is 16.7. The zero-order chi connectivity index (χ0) is 37.1. The van der Waals surface area contributed by atoms with Crippen molar-refractivity contribution in [1.82, 2.24) is 10.6 Å². The number of benzene rings is 4. The Bertz CT molecular complexity index is 1920. The topological polar surface area (TPSA) is 93.7 Å². The van der Waals surface area contributed by atoms with Gasteiger partial charge in [0.15, 0.2) is 0 Å². The third-order valence-corrected chi connectivity index (χ3v) is 11.3. The van der Waals surface area contributed by atoms with Crippen LogP contribution in [-0.2, 0) is 30.0 Å². The lowest BCUT2D eigenvalue weighted by Crippen LogP contribution is -2.47. The van der Waals surface area contributed by atoms with Gasteiger partial charge in [-0.2, -0.15) is 26.3 Å². The minimum absolute atomic E-state index is 0.0604. The zero-order valence-electron chi connectivity index (χ0n) is 27.7. The number of unbranched alkanes of at least 4 members (excludes halogenated alkanes) is 2. The number of alkyl halides is 6. The first-order chi connectivity index (χ1) is 24.7. The number of nitrogens with one attached hydrogen (secondary N) is 2. The van der Waals surface area contributed by atoms with Gasteiger partial charge >= 0.3 is 19.9 Å². The Balaban J connectivity index is 1.04. The predicted octanol–water partition coefficient (Wildman–Crippen LogP) is 8.92. The molecule has 1 heterocycles. The number of hydrogen-bond acceptors (Lipinski definition) is 5. The minimum Gasteiger partial charge on any atom is -0.346 e. The summed E-state index contributed by atoms with van der Waals surface area (Å²) in [5.74, 6) is -1.24. The molecule has 6 rings (SSSR count). The summed E-state index contributed by atoms with van der Waals surface area (Å²) < 4.78 is 103. The van der Waals surface area contributed by atoms with E-state index >= 15 is 0 Å². The number of carbonyl (C=O) groups excluding carboxylic acids is 2. The smallest absolute Gasteiger partial charge is 0.346 e. The Kier molecular flexibility index (Phi) is 10.7. The summed E-state index contributed by atoms with van der Waals surface area (Å²) in [5.41, 5.74) is 1.80. The van der Waals surface area contributed by atoms with Crippen LogP contribution in [0, 0.1) is 0 Å². The number of rotatable bonds is 11. The first kappa shape index (κ1) is 37.3. The highest BCUT2D eigenvalue weighted by Gasteiger charge is 2.49. The van der Waals surface area contributed by atoms with Gasteiger partial charge in [0, 0.05) is 5.56 Å². The number of hydrogen-bond donors (Lipinski definition) is 2. The van der Waals surface area contributed by atoms with E-state index < -0.39 is 55.3 Å². The van der Waals surface area contributed by atoms with Crippen molar-refractivity contribution in [3.63, 3.8) is 0 Å². The van der Waals surface area contributed by atoms with Crippen LogP contribution >= 0.6 is 7.60 Å². The van der Waals surface area contributed by atoms with Crippen LogP contribution in [0.5, 0.6) is 0 Å². The second kappa shape index (κ2) is 14.9. The Morgan fingerprint density at radius 2 is 1.29 bits per heavy atom. The van der Waals surface area contributed by atoms with Gasteiger partial charge in [0.25, 0.3) is 5.91 Å². The van der Waals surface area contributed by atoms with Gasteiger partial charge < -0.3 is 19.7 Å². The lowest BCUT2D eigenvalue weighted by molar-refractivity contribution is -0.141. The molecule has 1 aliphatic carbocycles. The monoisotopic (exact) mass is 744 g/mol. The molecule has 0 unspecified atom stereocenters. The molecule has 1 saturated heterocycles. The average molecular weight is 745 g/mol. The molecule has 4 aromatic rings. The van der Waals surface area contributed by atoms with Crippen molar-refractivity contribution in [3.05, 3.63) is 119 Å². The third-order valence-electron chi connectivity index (χ3n) is 9.36. The van der Waals surface area contributed by atoms with Crippen LogP contribution in [-0.4, -0.2) is 50.0 Å². The van der Waals surface area contributed by atoms with Crippen LogP contribution in [0.2, 0.25) is 0 Å². The summed E-state index contributed by atoms with van der Waals surface area (Å²) in [7, 11) is -3.53. The summed E-state index contributed by atoms with van der Waals surface area (Å²) in [4.78, 5) is 26.9. The molecule has 0 spiro atoms. The van der Waals surface area contributed by atoms with E-state index in [-0.39, 0.29) is 31.4 Å². The molecule has 52 heavy (non-hydrogen) atoms. The van der Waals surface area contributed by atoms with Gasteiger partial charge in [-0.05, 0) is 64.4 Å². The molecular formula is C38H35F6N2O5P. The van der Waals surface area contributed by atoms with Crippen LogP contribution in [0.25, 0.3) is 22.3 Å². The van der Waals surface area contributed by atoms with E-state index in [1.165, 1.54) is 12.1 Å². The summed E-state index contributed by atoms with van der Waals surface area (Å²) in [6.07, 6.45) is -7.49. The predicted molar refractivity (Wildman–Crippen MR) is 183 cm³/mol. The summed E-state index contributed by atoms with van der Waals surface area (Å²) in [6.45, 7) is -1.65. The molecule has 2 aliphatic rings. The van der Waals surface area contributed by atoms with E-state index in [2.05, 4.69) is 10.6 Å². The Hall–Kier alpha value is -4.45. The molecule has 0 radical (unpaired) electrons. The third kappa shape index (κ3) is 7.96. The fourth-order valence-corrected chi connectivity index (χ4v) is 8.65. The van der Waals surface area contributed by atoms with Crippen molar-refractivity contribution in [2.75, 3.05) is 25.9 Å². The van der Waals surface area contributed by atoms with Gasteiger partial charge in [0.05, 0.1) is 31.0 Å². The molecule has 274 valence electrons. The van der Waals surface area contributed by atoms with Crippen molar-refractivity contribution in [2.24, 2.45) is 0 Å². The van der Waals surface area contributed by atoms with Crippen molar-refractivity contribution < 1.29 is 49.5 Å². The lowest BCUT2D eigenvalue weighted by atomic mass is 9.73. The van der Waals surface area contributed by atoms with E-state index in [0.29, 0.717) is 41.5 Å². The van der Waals surface area contributed by atoms with Gasteiger partial charge in [0.2, 0.25) is 5.91 Å². The largest absolute Gasteiger partial charge is 0.416 e.